The van der Waals surface area contributed by atoms with E-state index >= 15 is 0 Å². The molecule has 0 atom stereocenters. The molecule has 1 aliphatic rings. The van der Waals surface area contributed by atoms with E-state index in [0.29, 0.717) is 30.0 Å². The van der Waals surface area contributed by atoms with E-state index in [1.807, 2.05) is 0 Å². The number of amides is 1. The molecule has 1 aromatic heterocycles. The van der Waals surface area contributed by atoms with Crippen molar-refractivity contribution in [2.24, 2.45) is 0 Å². The average molecular weight is 357 g/mol. The Hall–Kier alpha value is -2.54. The van der Waals surface area contributed by atoms with Gasteiger partial charge in [0, 0.05) is 45.1 Å². The number of nitrogens with one attached hydrogen (secondary N) is 1. The highest BCUT2D eigenvalue weighted by atomic mass is 19.1. The lowest BCUT2D eigenvalue weighted by atomic mass is 10.1. The maximum atomic E-state index is 13.6. The molecule has 2 heterocycles. The summed E-state index contributed by atoms with van der Waals surface area (Å²) in [5, 5.41) is 2.78. The largest absolute Gasteiger partial charge is 0.352 e. The van der Waals surface area contributed by atoms with Crippen LogP contribution in [0, 0.1) is 5.82 Å². The van der Waals surface area contributed by atoms with Crippen LogP contribution in [0.2, 0.25) is 0 Å². The van der Waals surface area contributed by atoms with E-state index in [4.69, 9.17) is 0 Å². The fraction of sp³-hybridized carbons (Fsp3) is 0.421. The van der Waals surface area contributed by atoms with Gasteiger partial charge in [-0.1, -0.05) is 25.1 Å². The van der Waals surface area contributed by atoms with Gasteiger partial charge in [0.15, 0.2) is 0 Å². The van der Waals surface area contributed by atoms with E-state index in [2.05, 4.69) is 32.0 Å². The Kier molecular flexibility index (Phi) is 6.12. The number of hydrogen-bond acceptors (Lipinski definition) is 5. The summed E-state index contributed by atoms with van der Waals surface area (Å²) in [4.78, 5) is 25.4. The Bertz CT molecular complexity index is 729. The Morgan fingerprint density at radius 1 is 1.15 bits per heavy atom. The first-order valence-corrected chi connectivity index (χ1v) is 8.98. The van der Waals surface area contributed by atoms with Crippen molar-refractivity contribution in [2.75, 3.05) is 44.2 Å². The van der Waals surface area contributed by atoms with Crippen LogP contribution in [0.15, 0.2) is 36.7 Å². The minimum atomic E-state index is -0.252. The molecule has 1 aliphatic heterocycles. The lowest BCUT2D eigenvalue weighted by molar-refractivity contribution is 0.0953. The van der Waals surface area contributed by atoms with Crippen molar-refractivity contribution in [2.45, 2.75) is 13.3 Å². The first-order chi connectivity index (χ1) is 12.7. The molecule has 0 unspecified atom stereocenters. The van der Waals surface area contributed by atoms with Gasteiger partial charge in [0.2, 0.25) is 5.95 Å². The van der Waals surface area contributed by atoms with Crippen LogP contribution in [0.5, 0.6) is 0 Å². The Morgan fingerprint density at radius 2 is 1.85 bits per heavy atom. The molecule has 3 rings (SSSR count). The van der Waals surface area contributed by atoms with Crippen molar-refractivity contribution in [1.29, 1.82) is 0 Å². The van der Waals surface area contributed by atoms with Crippen molar-refractivity contribution >= 4 is 11.9 Å². The smallest absolute Gasteiger partial charge is 0.254 e. The van der Waals surface area contributed by atoms with E-state index in [1.165, 1.54) is 6.07 Å². The van der Waals surface area contributed by atoms with Crippen molar-refractivity contribution in [3.05, 3.63) is 53.6 Å². The van der Waals surface area contributed by atoms with E-state index < -0.39 is 0 Å². The SMILES string of the molecule is CCN1CCN(c2ncc(C(=O)NCCc3ccccc3F)cn2)CC1. The number of halogens is 1. The Labute approximate surface area is 153 Å². The molecule has 0 radical (unpaired) electrons. The second-order valence-electron chi connectivity index (χ2n) is 6.29. The quantitative estimate of drug-likeness (QED) is 0.853. The number of aromatic nitrogens is 2. The number of piperazine rings is 1. The fourth-order valence-corrected chi connectivity index (χ4v) is 2.98. The minimum absolute atomic E-state index is 0.247. The van der Waals surface area contributed by atoms with Crippen LogP contribution < -0.4 is 10.2 Å². The average Bonchev–Trinajstić information content (AvgIpc) is 2.69. The Morgan fingerprint density at radius 3 is 2.50 bits per heavy atom. The number of benzene rings is 1. The summed E-state index contributed by atoms with van der Waals surface area (Å²) in [7, 11) is 0. The molecule has 0 saturated carbocycles. The highest BCUT2D eigenvalue weighted by molar-refractivity contribution is 5.93. The van der Waals surface area contributed by atoms with E-state index in [-0.39, 0.29) is 11.7 Å². The predicted molar refractivity (Wildman–Crippen MR) is 98.8 cm³/mol. The van der Waals surface area contributed by atoms with Crippen LogP contribution in [0.3, 0.4) is 0 Å². The molecule has 26 heavy (non-hydrogen) atoms. The van der Waals surface area contributed by atoms with Crippen LogP contribution in [-0.4, -0.2) is 60.0 Å². The highest BCUT2D eigenvalue weighted by Crippen LogP contribution is 2.11. The number of anilines is 1. The summed E-state index contributed by atoms with van der Waals surface area (Å²) in [6.07, 6.45) is 3.54. The zero-order valence-corrected chi connectivity index (χ0v) is 15.0. The summed E-state index contributed by atoms with van der Waals surface area (Å²) in [6.45, 7) is 7.35. The molecule has 0 spiro atoms. The molecule has 6 nitrogen and oxygen atoms in total. The van der Waals surface area contributed by atoms with Crippen LogP contribution in [0.4, 0.5) is 10.3 Å². The third-order valence-electron chi connectivity index (χ3n) is 4.64. The van der Waals surface area contributed by atoms with Gasteiger partial charge in [-0.25, -0.2) is 14.4 Å². The molecular formula is C19H24FN5O. The maximum absolute atomic E-state index is 13.6. The number of rotatable bonds is 6. The van der Waals surface area contributed by atoms with Gasteiger partial charge >= 0.3 is 0 Å². The normalized spacial score (nSPS) is 15.1. The molecule has 2 aromatic rings. The number of carbonyl (C=O) groups is 1. The summed E-state index contributed by atoms with van der Waals surface area (Å²) in [6, 6.07) is 6.58. The number of carbonyl (C=O) groups excluding carboxylic acids is 1. The predicted octanol–water partition coefficient (Wildman–Crippen LogP) is 1.73. The van der Waals surface area contributed by atoms with Crippen LogP contribution in [-0.2, 0) is 6.42 Å². The van der Waals surface area contributed by atoms with Gasteiger partial charge in [-0.05, 0) is 24.6 Å². The van der Waals surface area contributed by atoms with Gasteiger partial charge < -0.3 is 15.1 Å². The van der Waals surface area contributed by atoms with Gasteiger partial charge in [-0.3, -0.25) is 4.79 Å². The molecule has 1 fully saturated rings. The lowest BCUT2D eigenvalue weighted by Gasteiger charge is -2.33. The third kappa shape index (κ3) is 4.54. The minimum Gasteiger partial charge on any atom is -0.352 e. The molecule has 1 amide bonds. The third-order valence-corrected chi connectivity index (χ3v) is 4.64. The summed E-state index contributed by atoms with van der Waals surface area (Å²) in [5.74, 6) is 0.157. The number of hydrogen-bond donors (Lipinski definition) is 1. The molecule has 7 heteroatoms. The second kappa shape index (κ2) is 8.71. The summed E-state index contributed by atoms with van der Waals surface area (Å²) < 4.78 is 13.6. The number of nitrogens with zero attached hydrogens (tertiary/aromatic N) is 4. The molecule has 1 aromatic carbocycles. The molecule has 138 valence electrons. The first-order valence-electron chi connectivity index (χ1n) is 8.98. The molecule has 1 saturated heterocycles. The highest BCUT2D eigenvalue weighted by Gasteiger charge is 2.18. The Balaban J connectivity index is 1.50. The van der Waals surface area contributed by atoms with Gasteiger partial charge in [0.05, 0.1) is 5.56 Å². The molecular weight excluding hydrogens is 333 g/mol. The van der Waals surface area contributed by atoms with Crippen LogP contribution in [0.1, 0.15) is 22.8 Å². The zero-order chi connectivity index (χ0) is 18.4. The van der Waals surface area contributed by atoms with Gasteiger partial charge in [0.25, 0.3) is 5.91 Å². The van der Waals surface area contributed by atoms with Gasteiger partial charge in [-0.2, -0.15) is 0 Å². The standard InChI is InChI=1S/C19H24FN5O/c1-2-24-9-11-25(12-10-24)19-22-13-16(14-23-19)18(26)21-8-7-15-5-3-4-6-17(15)20/h3-6,13-14H,2,7-12H2,1H3,(H,21,26). The maximum Gasteiger partial charge on any atom is 0.254 e. The number of likely N-dealkylation sites (N-methyl/N-ethyl adjacent to an activating group) is 1. The van der Waals surface area contributed by atoms with Crippen molar-refractivity contribution in [1.82, 2.24) is 20.2 Å². The second-order valence-corrected chi connectivity index (χ2v) is 6.29. The lowest BCUT2D eigenvalue weighted by Crippen LogP contribution is -2.46. The van der Waals surface area contributed by atoms with Gasteiger partial charge in [0.1, 0.15) is 5.82 Å². The fourth-order valence-electron chi connectivity index (χ4n) is 2.98. The van der Waals surface area contributed by atoms with E-state index in [0.717, 1.165) is 32.7 Å². The van der Waals surface area contributed by atoms with E-state index in [1.54, 1.807) is 30.6 Å². The van der Waals surface area contributed by atoms with Gasteiger partial charge in [-0.15, -0.1) is 0 Å². The monoisotopic (exact) mass is 357 g/mol. The molecule has 0 bridgehead atoms. The van der Waals surface area contributed by atoms with Crippen LogP contribution >= 0.6 is 0 Å². The summed E-state index contributed by atoms with van der Waals surface area (Å²) in [5.41, 5.74) is 1.00. The zero-order valence-electron chi connectivity index (χ0n) is 15.0. The van der Waals surface area contributed by atoms with Crippen LogP contribution in [0.25, 0.3) is 0 Å². The topological polar surface area (TPSA) is 61.4 Å². The molecule has 0 aliphatic carbocycles. The van der Waals surface area contributed by atoms with E-state index in [9.17, 15) is 9.18 Å². The van der Waals surface area contributed by atoms with Crippen molar-refractivity contribution < 1.29 is 9.18 Å². The van der Waals surface area contributed by atoms with Crippen molar-refractivity contribution in [3.8, 4) is 0 Å². The molecule has 1 N–H and O–H groups in total. The van der Waals surface area contributed by atoms with Crippen molar-refractivity contribution in [3.63, 3.8) is 0 Å². The first kappa shape index (κ1) is 18.3. The summed E-state index contributed by atoms with van der Waals surface area (Å²) >= 11 is 0.